The van der Waals surface area contributed by atoms with Crippen molar-refractivity contribution in [3.8, 4) is 0 Å². The molecule has 0 saturated carbocycles. The van der Waals surface area contributed by atoms with Gasteiger partial charge >= 0.3 is 5.97 Å². The molecule has 0 aromatic rings. The molecule has 2 aliphatic rings. The topological polar surface area (TPSA) is 130 Å². The second-order valence-corrected chi connectivity index (χ2v) is 4.24. The van der Waals surface area contributed by atoms with E-state index < -0.39 is 40.8 Å². The van der Waals surface area contributed by atoms with Gasteiger partial charge in [0.05, 0.1) is 5.70 Å². The zero-order chi connectivity index (χ0) is 13.0. The highest BCUT2D eigenvalue weighted by molar-refractivity contribution is 6.21. The average Bonchev–Trinajstić information content (AvgIpc) is 2.93. The number of hydrogen-bond donors (Lipinski definition) is 3. The smallest absolute Gasteiger partial charge is 0.341 e. The predicted octanol–water partition coefficient (Wildman–Crippen LogP) is -1.66. The van der Waals surface area contributed by atoms with Crippen LogP contribution in [0.1, 0.15) is 13.3 Å². The van der Waals surface area contributed by atoms with Crippen LogP contribution in [-0.2, 0) is 19.1 Å². The maximum atomic E-state index is 11.6. The summed E-state index contributed by atoms with van der Waals surface area (Å²) in [6, 6.07) is 0. The molecule has 17 heavy (non-hydrogen) atoms. The highest BCUT2D eigenvalue weighted by atomic mass is 16.6. The third-order valence-electron chi connectivity index (χ3n) is 2.94. The number of aliphatic hydroxyl groups is 1. The molecule has 1 fully saturated rings. The molecular formula is C10H11NO6. The van der Waals surface area contributed by atoms with E-state index in [1.54, 1.807) is 0 Å². The van der Waals surface area contributed by atoms with Crippen LogP contribution in [0.4, 0.5) is 0 Å². The Balaban J connectivity index is 2.50. The van der Waals surface area contributed by atoms with E-state index in [0.29, 0.717) is 0 Å². The fourth-order valence-corrected chi connectivity index (χ4v) is 2.12. The van der Waals surface area contributed by atoms with Gasteiger partial charge in [0.2, 0.25) is 5.78 Å². The molecule has 0 amide bonds. The summed E-state index contributed by atoms with van der Waals surface area (Å²) in [6.07, 6.45) is -2.29. The maximum absolute atomic E-state index is 11.6. The van der Waals surface area contributed by atoms with Crippen LogP contribution in [0, 0.1) is 0 Å². The van der Waals surface area contributed by atoms with E-state index in [-0.39, 0.29) is 12.2 Å². The summed E-state index contributed by atoms with van der Waals surface area (Å²) in [5.74, 6) is -2.65. The van der Waals surface area contributed by atoms with Crippen LogP contribution in [0.2, 0.25) is 0 Å². The Labute approximate surface area is 95.8 Å². The van der Waals surface area contributed by atoms with Crippen LogP contribution < -0.4 is 5.73 Å². The Morgan fingerprint density at radius 3 is 2.59 bits per heavy atom. The molecule has 0 radical (unpaired) electrons. The molecule has 1 saturated heterocycles. The minimum Gasteiger partial charge on any atom is -0.477 e. The van der Waals surface area contributed by atoms with Crippen molar-refractivity contribution in [2.45, 2.75) is 31.2 Å². The van der Waals surface area contributed by atoms with Crippen LogP contribution in [0.5, 0.6) is 0 Å². The number of epoxide rings is 1. The van der Waals surface area contributed by atoms with Crippen molar-refractivity contribution in [2.75, 3.05) is 0 Å². The Morgan fingerprint density at radius 2 is 2.12 bits per heavy atom. The molecule has 7 nitrogen and oxygen atoms in total. The van der Waals surface area contributed by atoms with Gasteiger partial charge in [0, 0.05) is 6.42 Å². The highest BCUT2D eigenvalue weighted by Gasteiger charge is 2.64. The Hall–Kier alpha value is -1.73. The van der Waals surface area contributed by atoms with E-state index in [1.165, 1.54) is 6.92 Å². The second-order valence-electron chi connectivity index (χ2n) is 4.24. The lowest BCUT2D eigenvalue weighted by molar-refractivity contribution is -0.136. The van der Waals surface area contributed by atoms with E-state index in [1.807, 2.05) is 0 Å². The number of carbonyl (C=O) groups is 3. The number of rotatable bonds is 3. The van der Waals surface area contributed by atoms with Gasteiger partial charge in [-0.05, 0) is 6.92 Å². The van der Waals surface area contributed by atoms with Gasteiger partial charge in [0.15, 0.2) is 6.10 Å². The lowest BCUT2D eigenvalue weighted by Crippen LogP contribution is -2.50. The quantitative estimate of drug-likeness (QED) is 0.398. The molecule has 0 spiro atoms. The van der Waals surface area contributed by atoms with E-state index in [2.05, 4.69) is 0 Å². The average molecular weight is 241 g/mol. The molecule has 0 aromatic carbocycles. The fraction of sp³-hybridized carbons (Fsp3) is 0.500. The van der Waals surface area contributed by atoms with Crippen LogP contribution in [0.25, 0.3) is 0 Å². The number of aliphatic carboxylic acids is 1. The SMILES string of the molecule is CC(=O)C[C@]1(O)C(N)=C(C(=O)O)C(=O)[C@H]2O[C@H]21. The van der Waals surface area contributed by atoms with Crippen LogP contribution >= 0.6 is 0 Å². The number of carbonyl (C=O) groups excluding carboxylic acids is 2. The van der Waals surface area contributed by atoms with E-state index in [4.69, 9.17) is 15.6 Å². The van der Waals surface area contributed by atoms with E-state index in [0.717, 1.165) is 0 Å². The molecular weight excluding hydrogens is 230 g/mol. The minimum atomic E-state index is -1.89. The summed E-state index contributed by atoms with van der Waals surface area (Å²) in [6.45, 7) is 1.24. The first-order chi connectivity index (χ1) is 7.79. The molecule has 1 heterocycles. The summed E-state index contributed by atoms with van der Waals surface area (Å²) in [4.78, 5) is 33.5. The largest absolute Gasteiger partial charge is 0.477 e. The van der Waals surface area contributed by atoms with Gasteiger partial charge in [-0.1, -0.05) is 0 Å². The third kappa shape index (κ3) is 1.55. The number of nitrogens with two attached hydrogens (primary N) is 1. The van der Waals surface area contributed by atoms with Gasteiger partial charge in [0.1, 0.15) is 23.1 Å². The standard InChI is InChI=1S/C10H11NO6/c1-3(12)2-10(16)7(11)4(9(14)15)5(13)6-8(10)17-6/h6,8,16H,2,11H2,1H3,(H,14,15)/t6-,8-,10+/m1/s1. The summed E-state index contributed by atoms with van der Waals surface area (Å²) in [5, 5.41) is 19.1. The summed E-state index contributed by atoms with van der Waals surface area (Å²) in [7, 11) is 0. The van der Waals surface area contributed by atoms with Crippen molar-refractivity contribution in [3.63, 3.8) is 0 Å². The normalized spacial score (nSPS) is 35.5. The van der Waals surface area contributed by atoms with Gasteiger partial charge in [-0.15, -0.1) is 0 Å². The summed E-state index contributed by atoms with van der Waals surface area (Å²) >= 11 is 0. The van der Waals surface area contributed by atoms with Crippen LogP contribution in [0.3, 0.4) is 0 Å². The first-order valence-electron chi connectivity index (χ1n) is 4.94. The van der Waals surface area contributed by atoms with Crippen LogP contribution in [0.15, 0.2) is 11.3 Å². The molecule has 0 unspecified atom stereocenters. The van der Waals surface area contributed by atoms with Crippen molar-refractivity contribution in [3.05, 3.63) is 11.3 Å². The molecule has 92 valence electrons. The first-order valence-corrected chi connectivity index (χ1v) is 4.94. The number of fused-ring (bicyclic) bond motifs is 1. The van der Waals surface area contributed by atoms with Gasteiger partial charge in [0.25, 0.3) is 0 Å². The number of carboxylic acid groups (broad SMARTS) is 1. The molecule has 0 aromatic heterocycles. The lowest BCUT2D eigenvalue weighted by Gasteiger charge is -2.29. The molecule has 7 heteroatoms. The Bertz CT molecular complexity index is 467. The predicted molar refractivity (Wildman–Crippen MR) is 52.8 cm³/mol. The number of ketones is 2. The van der Waals surface area contributed by atoms with Gasteiger partial charge in [-0.25, -0.2) is 4.79 Å². The van der Waals surface area contributed by atoms with Gasteiger partial charge < -0.3 is 20.7 Å². The van der Waals surface area contributed by atoms with E-state index in [9.17, 15) is 19.5 Å². The Morgan fingerprint density at radius 1 is 1.53 bits per heavy atom. The van der Waals surface area contributed by atoms with Crippen molar-refractivity contribution in [1.29, 1.82) is 0 Å². The van der Waals surface area contributed by atoms with Gasteiger partial charge in [-0.2, -0.15) is 0 Å². The summed E-state index contributed by atoms with van der Waals surface area (Å²) < 4.78 is 4.92. The first kappa shape index (κ1) is 11.7. The molecule has 4 N–H and O–H groups in total. The lowest BCUT2D eigenvalue weighted by atomic mass is 9.79. The molecule has 3 atom stereocenters. The summed E-state index contributed by atoms with van der Waals surface area (Å²) in [5.41, 5.74) is 2.44. The van der Waals surface area contributed by atoms with Crippen LogP contribution in [-0.4, -0.2) is 45.6 Å². The number of hydrogen-bond acceptors (Lipinski definition) is 6. The fourth-order valence-electron chi connectivity index (χ4n) is 2.12. The maximum Gasteiger partial charge on any atom is 0.341 e. The van der Waals surface area contributed by atoms with Crippen molar-refractivity contribution in [2.24, 2.45) is 5.73 Å². The van der Waals surface area contributed by atoms with Crippen molar-refractivity contribution in [1.82, 2.24) is 0 Å². The molecule has 2 rings (SSSR count). The van der Waals surface area contributed by atoms with Gasteiger partial charge in [-0.3, -0.25) is 9.59 Å². The monoisotopic (exact) mass is 241 g/mol. The third-order valence-corrected chi connectivity index (χ3v) is 2.94. The molecule has 1 aliphatic heterocycles. The number of Topliss-reactive ketones (excluding diaryl/α,β-unsaturated/α-hetero) is 2. The second kappa shape index (κ2) is 3.38. The number of ether oxygens (including phenoxy) is 1. The zero-order valence-corrected chi connectivity index (χ0v) is 8.97. The highest BCUT2D eigenvalue weighted by Crippen LogP contribution is 2.44. The van der Waals surface area contributed by atoms with Crippen molar-refractivity contribution < 1.29 is 29.3 Å². The molecule has 1 aliphatic carbocycles. The van der Waals surface area contributed by atoms with E-state index >= 15 is 0 Å². The number of carboxylic acids is 1. The molecule has 0 bridgehead atoms. The minimum absolute atomic E-state index is 0.371. The van der Waals surface area contributed by atoms with Crippen molar-refractivity contribution >= 4 is 17.5 Å². The zero-order valence-electron chi connectivity index (χ0n) is 8.97. The Kier molecular flexibility index (Phi) is 2.33.